The highest BCUT2D eigenvalue weighted by molar-refractivity contribution is 5.77. The second-order valence-electron chi connectivity index (χ2n) is 6.83. The van der Waals surface area contributed by atoms with Gasteiger partial charge >= 0.3 is 0 Å². The Balaban J connectivity index is 1.81. The largest absolute Gasteiger partial charge is 0.463 e. The smallest absolute Gasteiger partial charge is 0.226 e. The fourth-order valence-electron chi connectivity index (χ4n) is 3.33. The monoisotopic (exact) mass is 338 g/mol. The number of hydrogen-bond acceptors (Lipinski definition) is 6. The normalized spacial score (nSPS) is 17.9. The van der Waals surface area contributed by atoms with Gasteiger partial charge in [0.15, 0.2) is 11.5 Å². The molecule has 1 aliphatic rings. The summed E-state index contributed by atoms with van der Waals surface area (Å²) in [6.45, 7) is 8.17. The van der Waals surface area contributed by atoms with Crippen LogP contribution in [-0.2, 0) is 0 Å². The van der Waals surface area contributed by atoms with Crippen LogP contribution in [-0.4, -0.2) is 28.2 Å². The van der Waals surface area contributed by atoms with Gasteiger partial charge in [-0.3, -0.25) is 0 Å². The molecule has 3 aromatic rings. The van der Waals surface area contributed by atoms with Crippen LogP contribution < -0.4 is 4.90 Å². The third-order valence-corrected chi connectivity index (χ3v) is 4.87. The quantitative estimate of drug-likeness (QED) is 0.711. The first-order chi connectivity index (χ1) is 12.1. The van der Waals surface area contributed by atoms with Crippen molar-refractivity contribution in [1.29, 1.82) is 0 Å². The number of piperidine rings is 1. The second kappa shape index (κ2) is 6.35. The van der Waals surface area contributed by atoms with Crippen LogP contribution in [0, 0.1) is 19.8 Å². The number of rotatable bonds is 3. The van der Waals surface area contributed by atoms with Gasteiger partial charge in [-0.25, -0.2) is 9.97 Å². The average molecular weight is 338 g/mol. The van der Waals surface area contributed by atoms with Crippen molar-refractivity contribution >= 4 is 5.95 Å². The van der Waals surface area contributed by atoms with Gasteiger partial charge in [0.25, 0.3) is 0 Å². The summed E-state index contributed by atoms with van der Waals surface area (Å²) in [4.78, 5) is 11.7. The minimum atomic E-state index is 0.656. The van der Waals surface area contributed by atoms with Crippen LogP contribution >= 0.6 is 0 Å². The molecule has 0 spiro atoms. The van der Waals surface area contributed by atoms with Gasteiger partial charge in [0, 0.05) is 24.8 Å². The van der Waals surface area contributed by atoms with Crippen LogP contribution in [0.25, 0.3) is 22.8 Å². The molecule has 3 aromatic heterocycles. The molecule has 4 rings (SSSR count). The molecule has 0 aliphatic carbocycles. The van der Waals surface area contributed by atoms with Crippen LogP contribution in [0.4, 0.5) is 5.95 Å². The van der Waals surface area contributed by atoms with Gasteiger partial charge < -0.3 is 13.8 Å². The first-order valence-corrected chi connectivity index (χ1v) is 8.72. The van der Waals surface area contributed by atoms with E-state index < -0.39 is 0 Å². The summed E-state index contributed by atoms with van der Waals surface area (Å²) in [5.41, 5.74) is 3.42. The lowest BCUT2D eigenvalue weighted by atomic mass is 10.0. The van der Waals surface area contributed by atoms with Crippen LogP contribution in [0.1, 0.15) is 31.0 Å². The third kappa shape index (κ3) is 2.92. The lowest BCUT2D eigenvalue weighted by Crippen LogP contribution is -2.35. The van der Waals surface area contributed by atoms with Crippen LogP contribution in [0.5, 0.6) is 0 Å². The highest BCUT2D eigenvalue weighted by atomic mass is 16.5. The molecule has 130 valence electrons. The van der Waals surface area contributed by atoms with Gasteiger partial charge in [0.1, 0.15) is 5.69 Å². The Morgan fingerprint density at radius 2 is 2.16 bits per heavy atom. The summed E-state index contributed by atoms with van der Waals surface area (Å²) >= 11 is 0. The van der Waals surface area contributed by atoms with Crippen molar-refractivity contribution in [3.8, 4) is 22.8 Å². The fraction of sp³-hybridized carbons (Fsp3) is 0.421. The van der Waals surface area contributed by atoms with Crippen molar-refractivity contribution in [1.82, 2.24) is 15.1 Å². The van der Waals surface area contributed by atoms with Gasteiger partial charge in [-0.15, -0.1) is 0 Å². The predicted molar refractivity (Wildman–Crippen MR) is 95.3 cm³/mol. The van der Waals surface area contributed by atoms with E-state index in [1.165, 1.54) is 12.8 Å². The SMILES string of the molecule is Cc1noc(-c2cnc(N3CCC[C@@H](C)C3)nc2-c2ccco2)c1C. The van der Waals surface area contributed by atoms with Gasteiger partial charge in [-0.1, -0.05) is 12.1 Å². The standard InChI is InChI=1S/C19H22N4O2/c1-12-6-4-8-23(11-12)19-20-10-15(18-13(2)14(3)22-25-18)17(21-19)16-7-5-9-24-16/h5,7,9-10,12H,4,6,8,11H2,1-3H3/t12-/m1/s1. The van der Waals surface area contributed by atoms with E-state index in [9.17, 15) is 0 Å². The van der Waals surface area contributed by atoms with E-state index in [4.69, 9.17) is 13.9 Å². The number of aryl methyl sites for hydroxylation is 1. The van der Waals surface area contributed by atoms with Crippen molar-refractivity contribution in [2.75, 3.05) is 18.0 Å². The average Bonchev–Trinajstić information content (AvgIpc) is 3.26. The number of hydrogen-bond donors (Lipinski definition) is 0. The molecule has 0 aromatic carbocycles. The zero-order chi connectivity index (χ0) is 17.4. The van der Waals surface area contributed by atoms with E-state index in [1.807, 2.05) is 32.2 Å². The molecular formula is C19H22N4O2. The minimum absolute atomic E-state index is 0.656. The Labute approximate surface area is 146 Å². The van der Waals surface area contributed by atoms with Crippen LogP contribution in [0.2, 0.25) is 0 Å². The van der Waals surface area contributed by atoms with Gasteiger partial charge in [0.05, 0.1) is 17.5 Å². The molecule has 0 radical (unpaired) electrons. The van der Waals surface area contributed by atoms with E-state index in [1.54, 1.807) is 6.26 Å². The lowest BCUT2D eigenvalue weighted by Gasteiger charge is -2.31. The summed E-state index contributed by atoms with van der Waals surface area (Å²) in [5.74, 6) is 2.80. The Morgan fingerprint density at radius 1 is 1.28 bits per heavy atom. The van der Waals surface area contributed by atoms with Crippen molar-refractivity contribution < 1.29 is 8.94 Å². The zero-order valence-corrected chi connectivity index (χ0v) is 14.8. The Morgan fingerprint density at radius 3 is 2.84 bits per heavy atom. The Kier molecular flexibility index (Phi) is 4.03. The number of anilines is 1. The molecule has 0 amide bonds. The molecule has 1 saturated heterocycles. The van der Waals surface area contributed by atoms with E-state index in [0.717, 1.165) is 41.6 Å². The van der Waals surface area contributed by atoms with Gasteiger partial charge in [-0.2, -0.15) is 0 Å². The summed E-state index contributed by atoms with van der Waals surface area (Å²) in [6.07, 6.45) is 5.91. The molecule has 1 atom stereocenters. The van der Waals surface area contributed by atoms with E-state index in [2.05, 4.69) is 22.0 Å². The van der Waals surface area contributed by atoms with Gasteiger partial charge in [0.2, 0.25) is 5.95 Å². The van der Waals surface area contributed by atoms with Crippen LogP contribution in [0.15, 0.2) is 33.5 Å². The second-order valence-corrected chi connectivity index (χ2v) is 6.83. The maximum absolute atomic E-state index is 5.62. The van der Waals surface area contributed by atoms with Crippen molar-refractivity contribution in [2.45, 2.75) is 33.6 Å². The fourth-order valence-corrected chi connectivity index (χ4v) is 3.33. The highest BCUT2D eigenvalue weighted by Crippen LogP contribution is 2.34. The number of aromatic nitrogens is 3. The maximum Gasteiger partial charge on any atom is 0.226 e. The topological polar surface area (TPSA) is 68.2 Å². The van der Waals surface area contributed by atoms with E-state index in [-0.39, 0.29) is 0 Å². The van der Waals surface area contributed by atoms with Crippen molar-refractivity contribution in [2.24, 2.45) is 5.92 Å². The maximum atomic E-state index is 5.62. The zero-order valence-electron chi connectivity index (χ0n) is 14.8. The molecule has 0 N–H and O–H groups in total. The summed E-state index contributed by atoms with van der Waals surface area (Å²) in [7, 11) is 0. The first kappa shape index (κ1) is 15.9. The molecule has 1 aliphatic heterocycles. The lowest BCUT2D eigenvalue weighted by molar-refractivity contribution is 0.426. The van der Waals surface area contributed by atoms with E-state index in [0.29, 0.717) is 17.4 Å². The van der Waals surface area contributed by atoms with E-state index >= 15 is 0 Å². The predicted octanol–water partition coefficient (Wildman–Crippen LogP) is 4.24. The van der Waals surface area contributed by atoms with Crippen LogP contribution in [0.3, 0.4) is 0 Å². The molecule has 0 bridgehead atoms. The highest BCUT2D eigenvalue weighted by Gasteiger charge is 2.23. The minimum Gasteiger partial charge on any atom is -0.463 e. The number of nitrogens with zero attached hydrogens (tertiary/aromatic N) is 4. The van der Waals surface area contributed by atoms with Crippen molar-refractivity contribution in [3.05, 3.63) is 35.9 Å². The third-order valence-electron chi connectivity index (χ3n) is 4.87. The Bertz CT molecular complexity index is 870. The van der Waals surface area contributed by atoms with Gasteiger partial charge in [-0.05, 0) is 44.7 Å². The molecule has 0 saturated carbocycles. The first-order valence-electron chi connectivity index (χ1n) is 8.72. The molecule has 4 heterocycles. The summed E-state index contributed by atoms with van der Waals surface area (Å²) in [6, 6.07) is 3.77. The molecular weight excluding hydrogens is 316 g/mol. The molecule has 25 heavy (non-hydrogen) atoms. The molecule has 6 nitrogen and oxygen atoms in total. The number of furan rings is 1. The molecule has 6 heteroatoms. The molecule has 1 fully saturated rings. The molecule has 0 unspecified atom stereocenters. The van der Waals surface area contributed by atoms with Crippen molar-refractivity contribution in [3.63, 3.8) is 0 Å². The summed E-state index contributed by atoms with van der Waals surface area (Å²) < 4.78 is 11.2. The Hall–Kier alpha value is -2.63. The summed E-state index contributed by atoms with van der Waals surface area (Å²) in [5, 5.41) is 4.07.